The van der Waals surface area contributed by atoms with Crippen molar-refractivity contribution >= 4 is 22.5 Å². The van der Waals surface area contributed by atoms with Gasteiger partial charge >= 0.3 is 11.4 Å². The van der Waals surface area contributed by atoms with Gasteiger partial charge in [0.05, 0.1) is 10.5 Å². The van der Waals surface area contributed by atoms with Gasteiger partial charge < -0.3 is 4.42 Å². The van der Waals surface area contributed by atoms with Gasteiger partial charge in [0.25, 0.3) is 0 Å². The summed E-state index contributed by atoms with van der Waals surface area (Å²) in [6, 6.07) is 2.30. The fraction of sp³-hybridized carbons (Fsp3) is 0. The first-order valence-corrected chi connectivity index (χ1v) is 3.98. The molecule has 4 nitrogen and oxygen atoms in total. The third-order valence-corrected chi connectivity index (χ3v) is 2.09. The summed E-state index contributed by atoms with van der Waals surface area (Å²) in [6.07, 6.45) is 0. The van der Waals surface area contributed by atoms with E-state index in [2.05, 4.69) is 9.40 Å². The van der Waals surface area contributed by atoms with Crippen LogP contribution in [-0.4, -0.2) is 4.98 Å². The zero-order valence-corrected chi connectivity index (χ0v) is 7.39. The van der Waals surface area contributed by atoms with Crippen LogP contribution < -0.4 is 11.4 Å². The third-order valence-electron chi connectivity index (χ3n) is 1.72. The van der Waals surface area contributed by atoms with E-state index in [1.807, 2.05) is 0 Å². The number of aromatic nitrogens is 1. The number of halogens is 2. The monoisotopic (exact) mass is 215 g/mol. The summed E-state index contributed by atoms with van der Waals surface area (Å²) in [4.78, 5) is 24.1. The summed E-state index contributed by atoms with van der Waals surface area (Å²) in [7, 11) is 0. The molecule has 2 aromatic rings. The Bertz CT molecular complexity index is 616. The molecule has 72 valence electrons. The van der Waals surface area contributed by atoms with E-state index in [9.17, 15) is 14.0 Å². The van der Waals surface area contributed by atoms with Crippen LogP contribution in [0.25, 0.3) is 10.9 Å². The van der Waals surface area contributed by atoms with Crippen LogP contribution in [0.1, 0.15) is 0 Å². The van der Waals surface area contributed by atoms with E-state index in [1.54, 1.807) is 0 Å². The highest BCUT2D eigenvalue weighted by Crippen LogP contribution is 2.21. The molecular formula is C8H3ClFNO3. The second-order valence-electron chi connectivity index (χ2n) is 2.59. The quantitative estimate of drug-likeness (QED) is 0.720. The lowest BCUT2D eigenvalue weighted by molar-refractivity contribution is 0.459. The number of fused-ring (bicyclic) bond motifs is 1. The molecule has 1 aromatic heterocycles. The standard InChI is InChI=1S/C8H3ClFNO3/c9-6-3(10)1-2-4-5(6)7(12)14-8(13)11-4/h1-2H,(H,11,13). The molecule has 0 spiro atoms. The number of benzene rings is 1. The van der Waals surface area contributed by atoms with Crippen molar-refractivity contribution in [3.8, 4) is 0 Å². The molecule has 1 aromatic carbocycles. The van der Waals surface area contributed by atoms with Crippen molar-refractivity contribution in [1.82, 2.24) is 4.98 Å². The van der Waals surface area contributed by atoms with Crippen LogP contribution in [0, 0.1) is 5.82 Å². The molecule has 0 amide bonds. The summed E-state index contributed by atoms with van der Waals surface area (Å²) < 4.78 is 17.1. The molecule has 0 unspecified atom stereocenters. The maximum atomic E-state index is 12.9. The molecule has 0 saturated heterocycles. The van der Waals surface area contributed by atoms with Gasteiger partial charge in [0.1, 0.15) is 11.2 Å². The maximum Gasteiger partial charge on any atom is 0.419 e. The van der Waals surface area contributed by atoms with Crippen LogP contribution in [0.3, 0.4) is 0 Å². The Morgan fingerprint density at radius 3 is 2.79 bits per heavy atom. The van der Waals surface area contributed by atoms with Gasteiger partial charge in [-0.15, -0.1) is 0 Å². The molecule has 6 heteroatoms. The minimum absolute atomic E-state index is 0.151. The van der Waals surface area contributed by atoms with E-state index in [1.165, 1.54) is 6.07 Å². The fourth-order valence-corrected chi connectivity index (χ4v) is 1.37. The SMILES string of the molecule is O=c1[nH]c2ccc(F)c(Cl)c2c(=O)o1. The van der Waals surface area contributed by atoms with E-state index in [-0.39, 0.29) is 15.9 Å². The second-order valence-corrected chi connectivity index (χ2v) is 2.96. The molecule has 0 bridgehead atoms. The van der Waals surface area contributed by atoms with Gasteiger partial charge in [0.15, 0.2) is 0 Å². The van der Waals surface area contributed by atoms with E-state index >= 15 is 0 Å². The molecule has 0 fully saturated rings. The topological polar surface area (TPSA) is 63.1 Å². The van der Waals surface area contributed by atoms with Gasteiger partial charge in [-0.2, -0.15) is 0 Å². The normalized spacial score (nSPS) is 10.7. The van der Waals surface area contributed by atoms with Crippen LogP contribution in [0.5, 0.6) is 0 Å². The second kappa shape index (κ2) is 2.95. The summed E-state index contributed by atoms with van der Waals surface area (Å²) in [6.45, 7) is 0. The minimum atomic E-state index is -0.951. The first-order valence-electron chi connectivity index (χ1n) is 3.61. The number of hydrogen-bond donors (Lipinski definition) is 1. The van der Waals surface area contributed by atoms with Crippen LogP contribution in [-0.2, 0) is 0 Å². The first kappa shape index (κ1) is 8.96. The van der Waals surface area contributed by atoms with E-state index < -0.39 is 17.2 Å². The molecular weight excluding hydrogens is 213 g/mol. The van der Waals surface area contributed by atoms with Gasteiger partial charge in [-0.05, 0) is 12.1 Å². The van der Waals surface area contributed by atoms with E-state index in [4.69, 9.17) is 11.6 Å². The Morgan fingerprint density at radius 1 is 1.36 bits per heavy atom. The zero-order valence-electron chi connectivity index (χ0n) is 6.64. The van der Waals surface area contributed by atoms with Crippen molar-refractivity contribution < 1.29 is 8.81 Å². The number of nitrogens with one attached hydrogen (secondary N) is 1. The van der Waals surface area contributed by atoms with Crippen molar-refractivity contribution in [2.45, 2.75) is 0 Å². The molecule has 14 heavy (non-hydrogen) atoms. The Balaban J connectivity index is 3.11. The molecule has 2 rings (SSSR count). The first-order chi connectivity index (χ1) is 6.59. The zero-order chi connectivity index (χ0) is 10.3. The van der Waals surface area contributed by atoms with Gasteiger partial charge in [-0.3, -0.25) is 4.98 Å². The summed E-state index contributed by atoms with van der Waals surface area (Å²) in [5.74, 6) is -1.64. The molecule has 0 radical (unpaired) electrons. The molecule has 1 heterocycles. The van der Waals surface area contributed by atoms with Gasteiger partial charge in [0.2, 0.25) is 0 Å². The lowest BCUT2D eigenvalue weighted by Gasteiger charge is -1.97. The molecule has 0 atom stereocenters. The number of H-pyrrole nitrogens is 1. The average molecular weight is 216 g/mol. The van der Waals surface area contributed by atoms with Crippen LogP contribution >= 0.6 is 11.6 Å². The smallest absolute Gasteiger partial charge is 0.372 e. The van der Waals surface area contributed by atoms with Crippen LogP contribution in [0.15, 0.2) is 26.1 Å². The Labute approximate surface area is 80.9 Å². The molecule has 1 N–H and O–H groups in total. The highest BCUT2D eigenvalue weighted by molar-refractivity contribution is 6.35. The summed E-state index contributed by atoms with van der Waals surface area (Å²) in [5, 5.41) is -0.515. The summed E-state index contributed by atoms with van der Waals surface area (Å²) in [5.41, 5.74) is -0.800. The number of aromatic amines is 1. The predicted octanol–water partition coefficient (Wildman–Crippen LogP) is 1.27. The van der Waals surface area contributed by atoms with Crippen molar-refractivity contribution in [3.63, 3.8) is 0 Å². The minimum Gasteiger partial charge on any atom is -0.372 e. The lowest BCUT2D eigenvalue weighted by atomic mass is 10.2. The van der Waals surface area contributed by atoms with Crippen molar-refractivity contribution in [2.24, 2.45) is 0 Å². The maximum absolute atomic E-state index is 12.9. The lowest BCUT2D eigenvalue weighted by Crippen LogP contribution is -2.14. The molecule has 0 saturated carbocycles. The Hall–Kier alpha value is -1.62. The van der Waals surface area contributed by atoms with Crippen LogP contribution in [0.2, 0.25) is 5.02 Å². The van der Waals surface area contributed by atoms with E-state index in [0.717, 1.165) is 6.07 Å². The Morgan fingerprint density at radius 2 is 2.07 bits per heavy atom. The molecule has 0 aliphatic carbocycles. The number of hydrogen-bond acceptors (Lipinski definition) is 3. The summed E-state index contributed by atoms with van der Waals surface area (Å²) >= 11 is 5.53. The molecule has 0 aliphatic heterocycles. The van der Waals surface area contributed by atoms with Crippen LogP contribution in [0.4, 0.5) is 4.39 Å². The number of rotatable bonds is 0. The third kappa shape index (κ3) is 1.22. The fourth-order valence-electron chi connectivity index (χ4n) is 1.13. The van der Waals surface area contributed by atoms with Crippen molar-refractivity contribution in [1.29, 1.82) is 0 Å². The Kier molecular flexibility index (Phi) is 1.89. The largest absolute Gasteiger partial charge is 0.419 e. The highest BCUT2D eigenvalue weighted by atomic mass is 35.5. The van der Waals surface area contributed by atoms with E-state index in [0.29, 0.717) is 0 Å². The predicted molar refractivity (Wildman–Crippen MR) is 48.1 cm³/mol. The van der Waals surface area contributed by atoms with Gasteiger partial charge in [0, 0.05) is 0 Å². The highest BCUT2D eigenvalue weighted by Gasteiger charge is 2.10. The van der Waals surface area contributed by atoms with Gasteiger partial charge in [-0.1, -0.05) is 11.6 Å². The van der Waals surface area contributed by atoms with Gasteiger partial charge in [-0.25, -0.2) is 14.0 Å². The molecule has 0 aliphatic rings. The average Bonchev–Trinajstić information content (AvgIpc) is 2.10. The van der Waals surface area contributed by atoms with Crippen molar-refractivity contribution in [2.75, 3.05) is 0 Å². The van der Waals surface area contributed by atoms with Crippen molar-refractivity contribution in [3.05, 3.63) is 43.9 Å².